The third-order valence-electron chi connectivity index (χ3n) is 7.27. The van der Waals surface area contributed by atoms with E-state index in [9.17, 15) is 19.2 Å². The lowest BCUT2D eigenvalue weighted by Gasteiger charge is -2.35. The zero-order valence-electron chi connectivity index (χ0n) is 24.2. The first-order chi connectivity index (χ1) is 19.4. The molecular formula is C30H37N5O6. The minimum Gasteiger partial charge on any atom is -0.497 e. The summed E-state index contributed by atoms with van der Waals surface area (Å²) in [6.07, 6.45) is 4.61. The van der Waals surface area contributed by atoms with Crippen molar-refractivity contribution < 1.29 is 28.7 Å². The highest BCUT2D eigenvalue weighted by atomic mass is 16.6. The molecule has 5 bridgehead atoms. The van der Waals surface area contributed by atoms with Gasteiger partial charge in [0.2, 0.25) is 11.7 Å². The topological polar surface area (TPSA) is 139 Å². The fourth-order valence-electron chi connectivity index (χ4n) is 4.54. The molecule has 41 heavy (non-hydrogen) atoms. The zero-order valence-corrected chi connectivity index (χ0v) is 24.2. The van der Waals surface area contributed by atoms with Crippen LogP contribution in [-0.2, 0) is 28.7 Å². The Labute approximate surface area is 239 Å². The van der Waals surface area contributed by atoms with Gasteiger partial charge in [-0.3, -0.25) is 29.2 Å². The molecule has 11 nitrogen and oxygen atoms in total. The smallest absolute Gasteiger partial charge is 0.321 e. The van der Waals surface area contributed by atoms with E-state index in [1.54, 1.807) is 26.0 Å². The number of benzene rings is 1. The number of esters is 1. The van der Waals surface area contributed by atoms with E-state index in [1.165, 1.54) is 26.0 Å². The van der Waals surface area contributed by atoms with Gasteiger partial charge in [-0.15, -0.1) is 0 Å². The van der Waals surface area contributed by atoms with Gasteiger partial charge in [0.1, 0.15) is 17.8 Å². The van der Waals surface area contributed by atoms with Gasteiger partial charge in [-0.05, 0) is 65.2 Å². The standard InChI is InChI=1S/C30H37N5O6/c1-17-22-12-11-21-10-9-20(16-24(21)33-22)13-14-30(4,5)29(39)41-25(19(3)40-6)27(37)32-18(2)28(38)35-15-7-8-23(34-35)26(36)31-17/h9-14,16-18,23,34H,7-8,15H2,1-6H3,(H,31,36)(H,32,37)/b14-13+,25-19+/t17-,18+,23+/m1/s1. The molecule has 3 N–H and O–H groups in total. The summed E-state index contributed by atoms with van der Waals surface area (Å²) in [5.74, 6) is -2.42. The molecule has 218 valence electrons. The Hall–Kier alpha value is -4.25. The fourth-order valence-corrected chi connectivity index (χ4v) is 4.54. The second kappa shape index (κ2) is 12.1. The average Bonchev–Trinajstić information content (AvgIpc) is 2.96. The summed E-state index contributed by atoms with van der Waals surface area (Å²) in [4.78, 5) is 57.5. The Morgan fingerprint density at radius 1 is 1.07 bits per heavy atom. The molecule has 3 amide bonds. The number of hydrogen-bond donors (Lipinski definition) is 3. The lowest BCUT2D eigenvalue weighted by Crippen LogP contribution is -2.60. The lowest BCUT2D eigenvalue weighted by molar-refractivity contribution is -0.150. The third-order valence-corrected chi connectivity index (χ3v) is 7.27. The molecule has 2 aromatic rings. The van der Waals surface area contributed by atoms with Crippen molar-refractivity contribution in [3.05, 3.63) is 59.2 Å². The number of hydrogen-bond acceptors (Lipinski definition) is 8. The Kier molecular flexibility index (Phi) is 8.77. The van der Waals surface area contributed by atoms with Gasteiger partial charge in [0, 0.05) is 11.9 Å². The summed E-state index contributed by atoms with van der Waals surface area (Å²) in [7, 11) is 1.35. The molecular weight excluding hydrogens is 526 g/mol. The molecule has 4 rings (SSSR count). The van der Waals surface area contributed by atoms with Crippen LogP contribution in [0.1, 0.15) is 64.8 Å². The first kappa shape index (κ1) is 29.7. The van der Waals surface area contributed by atoms with Crippen molar-refractivity contribution in [1.82, 2.24) is 26.1 Å². The molecule has 3 atom stereocenters. The van der Waals surface area contributed by atoms with Crippen molar-refractivity contribution in [3.63, 3.8) is 0 Å². The number of ether oxygens (including phenoxy) is 2. The van der Waals surface area contributed by atoms with Crippen molar-refractivity contribution in [2.75, 3.05) is 13.7 Å². The van der Waals surface area contributed by atoms with E-state index in [2.05, 4.69) is 16.1 Å². The second-order valence-electron chi connectivity index (χ2n) is 11.0. The van der Waals surface area contributed by atoms with Crippen LogP contribution in [0.25, 0.3) is 17.0 Å². The van der Waals surface area contributed by atoms with Gasteiger partial charge in [-0.25, -0.2) is 5.43 Å². The monoisotopic (exact) mass is 563 g/mol. The number of fused-ring (bicyclic) bond motifs is 4. The number of methoxy groups -OCH3 is 1. The Balaban J connectivity index is 1.73. The molecule has 0 saturated carbocycles. The maximum atomic E-state index is 13.2. The van der Waals surface area contributed by atoms with Crippen LogP contribution < -0.4 is 16.1 Å². The van der Waals surface area contributed by atoms with Crippen LogP contribution in [0.5, 0.6) is 0 Å². The first-order valence-electron chi connectivity index (χ1n) is 13.7. The van der Waals surface area contributed by atoms with E-state index in [1.807, 2.05) is 37.3 Å². The highest BCUT2D eigenvalue weighted by Gasteiger charge is 2.34. The highest BCUT2D eigenvalue weighted by molar-refractivity contribution is 5.98. The van der Waals surface area contributed by atoms with Crippen LogP contribution in [0.3, 0.4) is 0 Å². The van der Waals surface area contributed by atoms with Gasteiger partial charge in [-0.1, -0.05) is 30.4 Å². The quantitative estimate of drug-likeness (QED) is 0.274. The number of cyclic esters (lactones) is 1. The van der Waals surface area contributed by atoms with Crippen molar-refractivity contribution in [1.29, 1.82) is 0 Å². The van der Waals surface area contributed by atoms with E-state index >= 15 is 0 Å². The number of carbonyl (C=O) groups is 4. The molecule has 2 aliphatic heterocycles. The first-order valence-corrected chi connectivity index (χ1v) is 13.7. The second-order valence-corrected chi connectivity index (χ2v) is 11.0. The Bertz CT molecular complexity index is 1430. The van der Waals surface area contributed by atoms with Gasteiger partial charge in [0.05, 0.1) is 29.8 Å². The van der Waals surface area contributed by atoms with Gasteiger partial charge < -0.3 is 20.1 Å². The third kappa shape index (κ3) is 6.74. The maximum Gasteiger partial charge on any atom is 0.321 e. The van der Waals surface area contributed by atoms with Crippen LogP contribution in [0, 0.1) is 5.41 Å². The maximum absolute atomic E-state index is 13.2. The number of rotatable bonds is 1. The van der Waals surface area contributed by atoms with E-state index in [4.69, 9.17) is 14.5 Å². The number of allylic oxidation sites excluding steroid dienone is 1. The summed E-state index contributed by atoms with van der Waals surface area (Å²) in [5.41, 5.74) is 4.11. The molecule has 0 aliphatic carbocycles. The van der Waals surface area contributed by atoms with Crippen molar-refractivity contribution in [3.8, 4) is 0 Å². The number of carbonyl (C=O) groups excluding carboxylic acids is 4. The van der Waals surface area contributed by atoms with E-state index < -0.39 is 35.3 Å². The van der Waals surface area contributed by atoms with Gasteiger partial charge in [-0.2, -0.15) is 0 Å². The number of aromatic nitrogens is 1. The molecule has 0 unspecified atom stereocenters. The summed E-state index contributed by atoms with van der Waals surface area (Å²) >= 11 is 0. The summed E-state index contributed by atoms with van der Waals surface area (Å²) in [6.45, 7) is 8.58. The summed E-state index contributed by atoms with van der Waals surface area (Å²) in [5, 5.41) is 7.86. The van der Waals surface area contributed by atoms with Crippen molar-refractivity contribution >= 4 is 40.7 Å². The summed E-state index contributed by atoms with van der Waals surface area (Å²) < 4.78 is 10.8. The molecule has 1 aromatic carbocycles. The van der Waals surface area contributed by atoms with Crippen LogP contribution >= 0.6 is 0 Å². The van der Waals surface area contributed by atoms with Gasteiger partial charge >= 0.3 is 5.97 Å². The number of amides is 3. The molecule has 1 fully saturated rings. The van der Waals surface area contributed by atoms with Crippen LogP contribution in [0.4, 0.5) is 0 Å². The molecule has 1 aromatic heterocycles. The number of pyridine rings is 1. The molecule has 3 heterocycles. The molecule has 0 radical (unpaired) electrons. The average molecular weight is 564 g/mol. The molecule has 2 aliphatic rings. The summed E-state index contributed by atoms with van der Waals surface area (Å²) in [6, 6.07) is 7.55. The zero-order chi connectivity index (χ0) is 29.9. The number of nitrogens with one attached hydrogen (secondary N) is 3. The molecule has 11 heteroatoms. The van der Waals surface area contributed by atoms with Crippen molar-refractivity contribution in [2.45, 2.75) is 65.6 Å². The minimum absolute atomic E-state index is 0.0760. The van der Waals surface area contributed by atoms with Crippen LogP contribution in [0.2, 0.25) is 0 Å². The van der Waals surface area contributed by atoms with Gasteiger partial charge in [0.15, 0.2) is 0 Å². The predicted octanol–water partition coefficient (Wildman–Crippen LogP) is 2.89. The van der Waals surface area contributed by atoms with Crippen molar-refractivity contribution in [2.24, 2.45) is 5.41 Å². The number of hydrazine groups is 1. The molecule has 1 saturated heterocycles. The number of nitrogens with zero attached hydrogens (tertiary/aromatic N) is 2. The SMILES string of the molecule is CO/C(C)=C1/OC(=O)C(C)(C)/C=C/c2ccc3ccc(nc3c2)[C@@H](C)NC(=O)[C@@H]2CCCN(N2)C(=O)[C@H](C)NC1=O. The Morgan fingerprint density at radius 3 is 2.54 bits per heavy atom. The lowest BCUT2D eigenvalue weighted by atomic mass is 9.92. The largest absolute Gasteiger partial charge is 0.497 e. The van der Waals surface area contributed by atoms with Gasteiger partial charge in [0.25, 0.3) is 11.8 Å². The van der Waals surface area contributed by atoms with E-state index in [0.29, 0.717) is 25.1 Å². The van der Waals surface area contributed by atoms with Crippen LogP contribution in [-0.4, -0.2) is 59.4 Å². The highest BCUT2D eigenvalue weighted by Crippen LogP contribution is 2.25. The Morgan fingerprint density at radius 2 is 1.80 bits per heavy atom. The normalized spacial score (nSPS) is 26.1. The molecule has 0 spiro atoms. The predicted molar refractivity (Wildman–Crippen MR) is 152 cm³/mol. The fraction of sp³-hybridized carbons (Fsp3) is 0.433. The van der Waals surface area contributed by atoms with Crippen LogP contribution in [0.15, 0.2) is 47.9 Å². The van der Waals surface area contributed by atoms with E-state index in [0.717, 1.165) is 16.5 Å². The van der Waals surface area contributed by atoms with E-state index in [-0.39, 0.29) is 23.5 Å². The minimum atomic E-state index is -1.12.